The largest absolute Gasteiger partial charge is 0.399 e. The first-order chi connectivity index (χ1) is 12.2. The second-order valence-corrected chi connectivity index (χ2v) is 8.99. The van der Waals surface area contributed by atoms with E-state index in [1.165, 1.54) is 38.9 Å². The second-order valence-electron chi connectivity index (χ2n) is 8.99. The lowest BCUT2D eigenvalue weighted by atomic mass is 9.79. The Labute approximate surface area is 156 Å². The second kappa shape index (κ2) is 5.48. The molecule has 0 aliphatic heterocycles. The van der Waals surface area contributed by atoms with Gasteiger partial charge in [-0.25, -0.2) is 0 Å². The van der Waals surface area contributed by atoms with Crippen LogP contribution in [0.15, 0.2) is 60.7 Å². The molecule has 0 spiro atoms. The Kier molecular flexibility index (Phi) is 3.56. The van der Waals surface area contributed by atoms with E-state index in [2.05, 4.69) is 89.2 Å². The zero-order valence-corrected chi connectivity index (χ0v) is 16.4. The van der Waals surface area contributed by atoms with E-state index < -0.39 is 0 Å². The minimum atomic E-state index is -0.0350. The van der Waals surface area contributed by atoms with Crippen molar-refractivity contribution in [3.05, 3.63) is 77.4 Å². The number of hydrogen-bond acceptors (Lipinski definition) is 1. The third kappa shape index (κ3) is 2.46. The molecule has 0 radical (unpaired) electrons. The van der Waals surface area contributed by atoms with Gasteiger partial charge in [-0.1, -0.05) is 77.1 Å². The van der Waals surface area contributed by atoms with E-state index in [0.717, 1.165) is 5.69 Å². The zero-order chi connectivity index (χ0) is 18.7. The standard InChI is InChI=1S/C25H27N/c1-24(2,3)21-9-7-6-8-18(21)16-10-12-19-20-13-11-17(26)15-23(20)25(4,5)22(19)14-16/h6-15H,26H2,1-5H3. The van der Waals surface area contributed by atoms with Crippen LogP contribution in [0.3, 0.4) is 0 Å². The summed E-state index contributed by atoms with van der Waals surface area (Å²) in [5.41, 5.74) is 16.4. The highest BCUT2D eigenvalue weighted by atomic mass is 14.5. The molecule has 4 rings (SSSR count). The lowest BCUT2D eigenvalue weighted by Gasteiger charge is -2.25. The smallest absolute Gasteiger partial charge is 0.0317 e. The average molecular weight is 341 g/mol. The zero-order valence-electron chi connectivity index (χ0n) is 16.4. The van der Waals surface area contributed by atoms with Gasteiger partial charge in [-0.05, 0) is 62.6 Å². The van der Waals surface area contributed by atoms with E-state index in [0.29, 0.717) is 0 Å². The SMILES string of the molecule is CC(C)(C)c1ccccc1-c1ccc2c(c1)C(C)(C)c1cc(N)ccc1-2. The maximum atomic E-state index is 6.08. The molecular weight excluding hydrogens is 314 g/mol. The topological polar surface area (TPSA) is 26.0 Å². The quantitative estimate of drug-likeness (QED) is 0.500. The number of fused-ring (bicyclic) bond motifs is 3. The van der Waals surface area contributed by atoms with E-state index in [1.807, 2.05) is 6.07 Å². The van der Waals surface area contributed by atoms with Crippen molar-refractivity contribution in [2.75, 3.05) is 5.73 Å². The molecule has 0 aromatic heterocycles. The van der Waals surface area contributed by atoms with Crippen molar-refractivity contribution in [2.45, 2.75) is 45.4 Å². The van der Waals surface area contributed by atoms with Crippen molar-refractivity contribution in [2.24, 2.45) is 0 Å². The molecule has 0 saturated heterocycles. The molecule has 0 saturated carbocycles. The minimum absolute atomic E-state index is 0.0350. The number of hydrogen-bond donors (Lipinski definition) is 1. The van der Waals surface area contributed by atoms with E-state index in [-0.39, 0.29) is 10.8 Å². The van der Waals surface area contributed by atoms with Gasteiger partial charge < -0.3 is 5.73 Å². The van der Waals surface area contributed by atoms with Crippen LogP contribution in [0, 0.1) is 0 Å². The fourth-order valence-electron chi connectivity index (χ4n) is 4.31. The van der Waals surface area contributed by atoms with Gasteiger partial charge in [0.2, 0.25) is 0 Å². The van der Waals surface area contributed by atoms with Crippen LogP contribution < -0.4 is 5.73 Å². The van der Waals surface area contributed by atoms with Gasteiger partial charge in [0, 0.05) is 11.1 Å². The van der Waals surface area contributed by atoms with E-state index in [9.17, 15) is 0 Å². The summed E-state index contributed by atoms with van der Waals surface area (Å²) in [6, 6.07) is 22.0. The van der Waals surface area contributed by atoms with Crippen molar-refractivity contribution in [1.29, 1.82) is 0 Å². The molecule has 1 aliphatic rings. The van der Waals surface area contributed by atoms with E-state index in [1.54, 1.807) is 0 Å². The maximum absolute atomic E-state index is 6.08. The van der Waals surface area contributed by atoms with E-state index >= 15 is 0 Å². The van der Waals surface area contributed by atoms with Crippen LogP contribution in [-0.2, 0) is 10.8 Å². The highest BCUT2D eigenvalue weighted by Crippen LogP contribution is 2.50. The number of nitrogens with two attached hydrogens (primary N) is 1. The summed E-state index contributed by atoms with van der Waals surface area (Å²) in [5.74, 6) is 0. The Morgan fingerprint density at radius 3 is 2.04 bits per heavy atom. The van der Waals surface area contributed by atoms with Crippen LogP contribution in [0.2, 0.25) is 0 Å². The maximum Gasteiger partial charge on any atom is 0.0317 e. The molecule has 26 heavy (non-hydrogen) atoms. The normalized spacial score (nSPS) is 14.8. The molecule has 0 atom stereocenters. The first-order valence-electron chi connectivity index (χ1n) is 9.34. The Balaban J connectivity index is 1.92. The summed E-state index contributed by atoms with van der Waals surface area (Å²) in [6.45, 7) is 11.4. The number of nitrogen functional groups attached to an aromatic ring is 1. The minimum Gasteiger partial charge on any atom is -0.399 e. The molecule has 3 aromatic rings. The van der Waals surface area contributed by atoms with Gasteiger partial charge in [-0.3, -0.25) is 0 Å². The van der Waals surface area contributed by atoms with Crippen molar-refractivity contribution >= 4 is 5.69 Å². The van der Waals surface area contributed by atoms with Gasteiger partial charge in [0.25, 0.3) is 0 Å². The fourth-order valence-corrected chi connectivity index (χ4v) is 4.31. The highest BCUT2D eigenvalue weighted by molar-refractivity contribution is 5.85. The van der Waals surface area contributed by atoms with Crippen LogP contribution in [0.5, 0.6) is 0 Å². The molecule has 0 fully saturated rings. The Morgan fingerprint density at radius 1 is 0.731 bits per heavy atom. The summed E-state index contributed by atoms with van der Waals surface area (Å²) in [6.07, 6.45) is 0. The molecule has 1 heteroatoms. The van der Waals surface area contributed by atoms with Crippen LogP contribution in [0.4, 0.5) is 5.69 Å². The summed E-state index contributed by atoms with van der Waals surface area (Å²) < 4.78 is 0. The van der Waals surface area contributed by atoms with Gasteiger partial charge in [0.15, 0.2) is 0 Å². The van der Waals surface area contributed by atoms with Crippen molar-refractivity contribution < 1.29 is 0 Å². The molecule has 0 bridgehead atoms. The molecule has 3 aromatic carbocycles. The highest BCUT2D eigenvalue weighted by Gasteiger charge is 2.35. The fraction of sp³-hybridized carbons (Fsp3) is 0.280. The van der Waals surface area contributed by atoms with Crippen LogP contribution in [0.1, 0.15) is 51.3 Å². The predicted octanol–water partition coefficient (Wildman–Crippen LogP) is 6.54. The van der Waals surface area contributed by atoms with Gasteiger partial charge in [-0.15, -0.1) is 0 Å². The summed E-state index contributed by atoms with van der Waals surface area (Å²) in [4.78, 5) is 0. The first-order valence-corrected chi connectivity index (χ1v) is 9.34. The lowest BCUT2D eigenvalue weighted by molar-refractivity contribution is 0.592. The molecule has 0 unspecified atom stereocenters. The summed E-state index contributed by atoms with van der Waals surface area (Å²) in [5, 5.41) is 0. The van der Waals surface area contributed by atoms with Gasteiger partial charge >= 0.3 is 0 Å². The summed E-state index contributed by atoms with van der Waals surface area (Å²) >= 11 is 0. The molecular formula is C25H27N. The Bertz CT molecular complexity index is 1000. The molecule has 2 N–H and O–H groups in total. The third-order valence-electron chi connectivity index (χ3n) is 5.75. The van der Waals surface area contributed by atoms with Gasteiger partial charge in [0.05, 0.1) is 0 Å². The van der Waals surface area contributed by atoms with Gasteiger partial charge in [-0.2, -0.15) is 0 Å². The lowest BCUT2D eigenvalue weighted by Crippen LogP contribution is -2.16. The van der Waals surface area contributed by atoms with Crippen LogP contribution in [-0.4, -0.2) is 0 Å². The Morgan fingerprint density at radius 2 is 1.35 bits per heavy atom. The number of benzene rings is 3. The van der Waals surface area contributed by atoms with E-state index in [4.69, 9.17) is 5.73 Å². The average Bonchev–Trinajstić information content (AvgIpc) is 2.81. The number of anilines is 1. The van der Waals surface area contributed by atoms with Gasteiger partial charge in [0.1, 0.15) is 0 Å². The monoisotopic (exact) mass is 341 g/mol. The molecule has 0 amide bonds. The van der Waals surface area contributed by atoms with Crippen LogP contribution >= 0.6 is 0 Å². The van der Waals surface area contributed by atoms with Crippen molar-refractivity contribution in [1.82, 2.24) is 0 Å². The summed E-state index contributed by atoms with van der Waals surface area (Å²) in [7, 11) is 0. The number of rotatable bonds is 1. The molecule has 1 aliphatic carbocycles. The first kappa shape index (κ1) is 16.9. The van der Waals surface area contributed by atoms with Crippen molar-refractivity contribution in [3.8, 4) is 22.3 Å². The third-order valence-corrected chi connectivity index (χ3v) is 5.75. The molecule has 0 heterocycles. The Hall–Kier alpha value is -2.54. The molecule has 132 valence electrons. The van der Waals surface area contributed by atoms with Crippen LogP contribution in [0.25, 0.3) is 22.3 Å². The molecule has 1 nitrogen and oxygen atoms in total. The predicted molar refractivity (Wildman–Crippen MR) is 113 cm³/mol. The van der Waals surface area contributed by atoms with Crippen molar-refractivity contribution in [3.63, 3.8) is 0 Å².